The number of carbonyl (C=O) groups excluding carboxylic acids is 1. The summed E-state index contributed by atoms with van der Waals surface area (Å²) in [6, 6.07) is 33.1. The standard InChI is InChI=1S/C38H36N2O7S/c1-26-22-28(24-39-37(42)31-14-12-29(13-15-31)30-16-18-34(41)19-17-30)11-20-36(26)47-21-5-7-27-6-4-9-33(23-27)40-48(45,46)25-32-8-2-3-10-35(32)38(43)44/h2-4,6,8-20,22-23,40-41H,5,7,21,24-25H2,1H3,(H,39,42)(H,43,44). The van der Waals surface area contributed by atoms with E-state index in [0.717, 1.165) is 33.6 Å². The lowest BCUT2D eigenvalue weighted by Crippen LogP contribution is -2.22. The lowest BCUT2D eigenvalue weighted by molar-refractivity contribution is 0.0695. The van der Waals surface area contributed by atoms with Crippen LogP contribution < -0.4 is 14.8 Å². The van der Waals surface area contributed by atoms with Gasteiger partial charge in [-0.15, -0.1) is 0 Å². The highest BCUT2D eigenvalue weighted by atomic mass is 32.2. The van der Waals surface area contributed by atoms with E-state index < -0.39 is 21.7 Å². The van der Waals surface area contributed by atoms with Crippen molar-refractivity contribution in [2.75, 3.05) is 11.3 Å². The van der Waals surface area contributed by atoms with Crippen LogP contribution in [-0.4, -0.2) is 37.1 Å². The zero-order valence-electron chi connectivity index (χ0n) is 26.3. The van der Waals surface area contributed by atoms with E-state index in [4.69, 9.17) is 4.74 Å². The van der Waals surface area contributed by atoms with Gasteiger partial charge in [0.1, 0.15) is 11.5 Å². The molecule has 5 rings (SSSR count). The first kappa shape index (κ1) is 33.7. The van der Waals surface area contributed by atoms with Gasteiger partial charge in [-0.3, -0.25) is 9.52 Å². The van der Waals surface area contributed by atoms with E-state index in [0.29, 0.717) is 37.2 Å². The average Bonchev–Trinajstić information content (AvgIpc) is 3.06. The van der Waals surface area contributed by atoms with Crippen molar-refractivity contribution in [3.63, 3.8) is 0 Å². The number of phenols is 1. The maximum atomic E-state index is 12.8. The molecule has 0 bridgehead atoms. The molecule has 48 heavy (non-hydrogen) atoms. The number of hydrogen-bond donors (Lipinski definition) is 4. The number of aryl methyl sites for hydroxylation is 2. The molecule has 0 radical (unpaired) electrons. The molecule has 0 fully saturated rings. The maximum absolute atomic E-state index is 12.8. The minimum absolute atomic E-state index is 0.0428. The Morgan fingerprint density at radius 2 is 1.50 bits per heavy atom. The van der Waals surface area contributed by atoms with Gasteiger partial charge in [0.2, 0.25) is 10.0 Å². The number of benzene rings is 5. The molecule has 4 N–H and O–H groups in total. The van der Waals surface area contributed by atoms with Crippen LogP contribution in [0.25, 0.3) is 11.1 Å². The molecule has 9 nitrogen and oxygen atoms in total. The normalized spacial score (nSPS) is 11.1. The first-order valence-corrected chi connectivity index (χ1v) is 17.0. The number of anilines is 1. The van der Waals surface area contributed by atoms with Crippen LogP contribution in [0.5, 0.6) is 11.5 Å². The zero-order valence-corrected chi connectivity index (χ0v) is 27.2. The average molecular weight is 665 g/mol. The highest BCUT2D eigenvalue weighted by Crippen LogP contribution is 2.23. The van der Waals surface area contributed by atoms with E-state index in [9.17, 15) is 28.2 Å². The van der Waals surface area contributed by atoms with E-state index in [1.807, 2.05) is 55.5 Å². The molecule has 0 aromatic heterocycles. The van der Waals surface area contributed by atoms with E-state index in [2.05, 4.69) is 10.0 Å². The molecule has 0 saturated heterocycles. The SMILES string of the molecule is Cc1cc(CNC(=O)c2ccc(-c3ccc(O)cc3)cc2)ccc1OCCCc1cccc(NS(=O)(=O)Cc2ccccc2C(=O)O)c1. The van der Waals surface area contributed by atoms with Crippen molar-refractivity contribution in [2.45, 2.75) is 32.1 Å². The number of carbonyl (C=O) groups is 2. The van der Waals surface area contributed by atoms with Crippen LogP contribution in [0.2, 0.25) is 0 Å². The van der Waals surface area contributed by atoms with Gasteiger partial charge in [-0.25, -0.2) is 13.2 Å². The topological polar surface area (TPSA) is 142 Å². The molecule has 0 unspecified atom stereocenters. The van der Waals surface area contributed by atoms with Crippen LogP contribution in [0.15, 0.2) is 115 Å². The fraction of sp³-hybridized carbons (Fsp3) is 0.158. The number of carboxylic acids is 1. The first-order valence-electron chi connectivity index (χ1n) is 15.4. The molecular formula is C38H36N2O7S. The smallest absolute Gasteiger partial charge is 0.335 e. The van der Waals surface area contributed by atoms with Gasteiger partial charge in [-0.1, -0.05) is 66.7 Å². The predicted octanol–water partition coefficient (Wildman–Crippen LogP) is 6.95. The summed E-state index contributed by atoms with van der Waals surface area (Å²) in [6.45, 7) is 2.78. The Morgan fingerprint density at radius 3 is 2.21 bits per heavy atom. The number of aromatic carboxylic acids is 1. The summed E-state index contributed by atoms with van der Waals surface area (Å²) in [5.41, 5.74) is 5.86. The molecule has 5 aromatic carbocycles. The molecule has 0 atom stereocenters. The summed E-state index contributed by atoms with van der Waals surface area (Å²) in [4.78, 5) is 24.2. The second-order valence-electron chi connectivity index (χ2n) is 11.4. The van der Waals surface area contributed by atoms with Crippen LogP contribution in [0.4, 0.5) is 5.69 Å². The molecule has 0 heterocycles. The Labute approximate surface area is 279 Å². The van der Waals surface area contributed by atoms with Crippen molar-refractivity contribution in [1.82, 2.24) is 5.32 Å². The van der Waals surface area contributed by atoms with Crippen molar-refractivity contribution in [3.05, 3.63) is 149 Å². The van der Waals surface area contributed by atoms with Crippen LogP contribution >= 0.6 is 0 Å². The number of rotatable bonds is 14. The fourth-order valence-corrected chi connectivity index (χ4v) is 6.48. The number of amides is 1. The molecule has 0 spiro atoms. The third-order valence-corrected chi connectivity index (χ3v) is 8.94. The molecular weight excluding hydrogens is 628 g/mol. The number of aromatic hydroxyl groups is 1. The quantitative estimate of drug-likeness (QED) is 0.0942. The minimum atomic E-state index is -3.83. The van der Waals surface area contributed by atoms with Gasteiger partial charge in [0.25, 0.3) is 5.91 Å². The van der Waals surface area contributed by atoms with Crippen LogP contribution in [0.3, 0.4) is 0 Å². The van der Waals surface area contributed by atoms with Gasteiger partial charge < -0.3 is 20.3 Å². The summed E-state index contributed by atoms with van der Waals surface area (Å²) >= 11 is 0. The molecule has 10 heteroatoms. The van der Waals surface area contributed by atoms with Gasteiger partial charge in [0.15, 0.2) is 0 Å². The Bertz CT molecular complexity index is 2010. The Hall–Kier alpha value is -5.61. The van der Waals surface area contributed by atoms with Crippen LogP contribution in [0.1, 0.15) is 49.4 Å². The zero-order chi connectivity index (χ0) is 34.1. The molecule has 0 aliphatic carbocycles. The van der Waals surface area contributed by atoms with Crippen molar-refractivity contribution in [1.29, 1.82) is 0 Å². The summed E-state index contributed by atoms with van der Waals surface area (Å²) in [7, 11) is -3.83. The molecule has 0 saturated carbocycles. The number of nitrogens with one attached hydrogen (secondary N) is 2. The third kappa shape index (κ3) is 9.23. The van der Waals surface area contributed by atoms with Gasteiger partial charge in [-0.2, -0.15) is 0 Å². The van der Waals surface area contributed by atoms with Crippen LogP contribution in [0, 0.1) is 6.92 Å². The Kier molecular flexibility index (Phi) is 10.8. The highest BCUT2D eigenvalue weighted by molar-refractivity contribution is 7.91. The number of phenolic OH excluding ortho intramolecular Hbond substituents is 1. The van der Waals surface area contributed by atoms with Gasteiger partial charge in [-0.05, 0) is 102 Å². The van der Waals surface area contributed by atoms with Gasteiger partial charge >= 0.3 is 5.97 Å². The summed E-state index contributed by atoms with van der Waals surface area (Å²) < 4.78 is 34.1. The third-order valence-electron chi connectivity index (χ3n) is 7.70. The molecule has 5 aromatic rings. The monoisotopic (exact) mass is 664 g/mol. The maximum Gasteiger partial charge on any atom is 0.335 e. The van der Waals surface area contributed by atoms with Crippen LogP contribution in [-0.2, 0) is 28.7 Å². The number of ether oxygens (including phenoxy) is 1. The first-order chi connectivity index (χ1) is 23.1. The summed E-state index contributed by atoms with van der Waals surface area (Å²) in [5.74, 6) is -0.847. The van der Waals surface area contributed by atoms with Crippen molar-refractivity contribution in [3.8, 4) is 22.6 Å². The van der Waals surface area contributed by atoms with Crippen molar-refractivity contribution >= 4 is 27.6 Å². The highest BCUT2D eigenvalue weighted by Gasteiger charge is 2.17. The molecule has 246 valence electrons. The lowest BCUT2D eigenvalue weighted by atomic mass is 10.0. The molecule has 0 aliphatic heterocycles. The van der Waals surface area contributed by atoms with Crippen molar-refractivity contribution < 1.29 is 33.0 Å². The largest absolute Gasteiger partial charge is 0.508 e. The van der Waals surface area contributed by atoms with Gasteiger partial charge in [0, 0.05) is 17.8 Å². The fourth-order valence-electron chi connectivity index (χ4n) is 5.26. The van der Waals surface area contributed by atoms with E-state index in [1.165, 1.54) is 12.1 Å². The lowest BCUT2D eigenvalue weighted by Gasteiger charge is -2.13. The predicted molar refractivity (Wildman–Crippen MR) is 186 cm³/mol. The molecule has 0 aliphatic rings. The van der Waals surface area contributed by atoms with Crippen molar-refractivity contribution in [2.24, 2.45) is 0 Å². The Morgan fingerprint density at radius 1 is 0.792 bits per heavy atom. The summed E-state index contributed by atoms with van der Waals surface area (Å²) in [5, 5.41) is 21.8. The number of hydrogen-bond acceptors (Lipinski definition) is 6. The second kappa shape index (κ2) is 15.3. The van der Waals surface area contributed by atoms with E-state index in [-0.39, 0.29) is 22.8 Å². The van der Waals surface area contributed by atoms with Gasteiger partial charge in [0.05, 0.1) is 17.9 Å². The Balaban J connectivity index is 1.07. The van der Waals surface area contributed by atoms with E-state index >= 15 is 0 Å². The number of sulfonamides is 1. The molecule has 1 amide bonds. The second-order valence-corrected chi connectivity index (χ2v) is 13.1. The van der Waals surface area contributed by atoms with E-state index in [1.54, 1.807) is 54.6 Å². The summed E-state index contributed by atoms with van der Waals surface area (Å²) in [6.07, 6.45) is 1.36. The number of carboxylic acid groups (broad SMARTS) is 1. The minimum Gasteiger partial charge on any atom is -0.508 e.